The first-order valence-electron chi connectivity index (χ1n) is 18.0. The first kappa shape index (κ1) is 31.1. The molecule has 3 aliphatic rings. The smallest absolute Gasteiger partial charge is 0.177 e. The summed E-state index contributed by atoms with van der Waals surface area (Å²) in [6.45, 7) is 4.55. The summed E-state index contributed by atoms with van der Waals surface area (Å²) in [6.07, 6.45) is -0.419. The molecule has 0 saturated heterocycles. The molecule has 5 heteroatoms. The van der Waals surface area contributed by atoms with E-state index in [2.05, 4.69) is 147 Å². The highest BCUT2D eigenvalue weighted by Gasteiger charge is 2.38. The van der Waals surface area contributed by atoms with Crippen molar-refractivity contribution in [2.45, 2.75) is 25.4 Å². The van der Waals surface area contributed by atoms with Gasteiger partial charge < -0.3 is 14.8 Å². The summed E-state index contributed by atoms with van der Waals surface area (Å²) in [5.41, 5.74) is 12.0. The second kappa shape index (κ2) is 12.2. The van der Waals surface area contributed by atoms with Crippen LogP contribution in [0.25, 0.3) is 33.4 Å². The van der Waals surface area contributed by atoms with Crippen molar-refractivity contribution in [2.75, 3.05) is 0 Å². The van der Waals surface area contributed by atoms with Crippen LogP contribution in [-0.4, -0.2) is 11.7 Å². The second-order valence-electron chi connectivity index (χ2n) is 14.2. The van der Waals surface area contributed by atoms with Gasteiger partial charge in [-0.1, -0.05) is 159 Å². The van der Waals surface area contributed by atoms with Gasteiger partial charge in [-0.25, -0.2) is 9.98 Å². The minimum atomic E-state index is -0.419. The molecule has 1 atom stereocenters. The van der Waals surface area contributed by atoms with Gasteiger partial charge in [-0.15, -0.1) is 0 Å². The van der Waals surface area contributed by atoms with Crippen molar-refractivity contribution in [1.82, 2.24) is 5.32 Å². The fourth-order valence-electron chi connectivity index (χ4n) is 7.91. The quantitative estimate of drug-likeness (QED) is 0.196. The van der Waals surface area contributed by atoms with E-state index in [0.717, 1.165) is 45.0 Å². The summed E-state index contributed by atoms with van der Waals surface area (Å²) in [5.74, 6) is 4.25. The molecule has 7 aromatic carbocycles. The van der Waals surface area contributed by atoms with Gasteiger partial charge in [0.05, 0.1) is 0 Å². The zero-order valence-electron chi connectivity index (χ0n) is 29.4. The number of hydrogen-bond acceptors (Lipinski definition) is 5. The lowest BCUT2D eigenvalue weighted by Crippen LogP contribution is -2.33. The van der Waals surface area contributed by atoms with E-state index in [-0.39, 0.29) is 5.41 Å². The predicted molar refractivity (Wildman–Crippen MR) is 213 cm³/mol. The van der Waals surface area contributed by atoms with Crippen molar-refractivity contribution in [3.8, 4) is 56.4 Å². The molecule has 2 aliphatic heterocycles. The molecule has 0 fully saturated rings. The van der Waals surface area contributed by atoms with Crippen LogP contribution in [0.5, 0.6) is 23.0 Å². The van der Waals surface area contributed by atoms with Crippen LogP contribution >= 0.6 is 0 Å². The average molecular weight is 686 g/mol. The van der Waals surface area contributed by atoms with E-state index in [1.165, 1.54) is 27.8 Å². The minimum Gasteiger partial charge on any atom is -0.449 e. The maximum Gasteiger partial charge on any atom is 0.177 e. The number of hydrogen-bond donors (Lipinski definition) is 1. The number of nitrogens with one attached hydrogen (secondary N) is 1. The summed E-state index contributed by atoms with van der Waals surface area (Å²) in [6, 6.07) is 56.5. The SMILES string of the molecule is CC1(C)c2ccccc2-c2cc3c(cc21)Oc1cccc(-c2ccccc2C2N=C(c4ccc(-c5ccccc5)cc4)N=C(c4ccccc4)N2)c1O3. The Bertz CT molecular complexity index is 2610. The third-order valence-electron chi connectivity index (χ3n) is 10.6. The van der Waals surface area contributed by atoms with Gasteiger partial charge in [-0.3, -0.25) is 0 Å². The van der Waals surface area contributed by atoms with Gasteiger partial charge in [-0.2, -0.15) is 0 Å². The van der Waals surface area contributed by atoms with Crippen molar-refractivity contribution >= 4 is 11.7 Å². The largest absolute Gasteiger partial charge is 0.449 e. The third-order valence-corrected chi connectivity index (χ3v) is 10.6. The van der Waals surface area contributed by atoms with E-state index in [9.17, 15) is 0 Å². The van der Waals surface area contributed by atoms with Crippen LogP contribution in [0.1, 0.15) is 47.8 Å². The number of benzene rings is 7. The molecule has 0 amide bonds. The van der Waals surface area contributed by atoms with E-state index >= 15 is 0 Å². The number of ether oxygens (including phenoxy) is 2. The van der Waals surface area contributed by atoms with E-state index < -0.39 is 6.17 Å². The number of rotatable bonds is 5. The summed E-state index contributed by atoms with van der Waals surface area (Å²) >= 11 is 0. The predicted octanol–water partition coefficient (Wildman–Crippen LogP) is 11.7. The summed E-state index contributed by atoms with van der Waals surface area (Å²) < 4.78 is 13.5. The van der Waals surface area contributed by atoms with Gasteiger partial charge >= 0.3 is 0 Å². The molecule has 0 saturated carbocycles. The standard InChI is InChI=1S/C48H35N3O2/c1-48(2)39-22-12-11-19-35(39)38-28-42-43(29-40(38)48)52-41-23-13-21-36(44(41)53-42)34-18-9-10-20-37(34)47-50-45(32-16-7-4-8-17-32)49-46(51-47)33-26-24-31(25-27-33)30-14-5-3-6-15-30/h3-29,47H,1-2H3,(H,49,50,51). The zero-order chi connectivity index (χ0) is 35.5. The molecule has 2 heterocycles. The fraction of sp³-hybridized carbons (Fsp3) is 0.0833. The number of aliphatic imine (C=N–C) groups is 2. The molecule has 0 bridgehead atoms. The van der Waals surface area contributed by atoms with Crippen LogP contribution in [0.15, 0.2) is 174 Å². The van der Waals surface area contributed by atoms with Gasteiger partial charge in [0.15, 0.2) is 28.8 Å². The van der Waals surface area contributed by atoms with Gasteiger partial charge in [0.25, 0.3) is 0 Å². The van der Waals surface area contributed by atoms with Crippen LogP contribution < -0.4 is 14.8 Å². The topological polar surface area (TPSA) is 55.2 Å². The summed E-state index contributed by atoms with van der Waals surface area (Å²) in [4.78, 5) is 10.3. The Hall–Kier alpha value is -6.72. The van der Waals surface area contributed by atoms with E-state index in [0.29, 0.717) is 23.1 Å². The van der Waals surface area contributed by atoms with Crippen molar-refractivity contribution in [3.63, 3.8) is 0 Å². The number of para-hydroxylation sites is 1. The molecule has 1 unspecified atom stereocenters. The van der Waals surface area contributed by atoms with Crippen LogP contribution in [0.3, 0.4) is 0 Å². The molecule has 0 radical (unpaired) electrons. The Kier molecular flexibility index (Phi) is 7.15. The van der Waals surface area contributed by atoms with Crippen molar-refractivity contribution in [3.05, 3.63) is 192 Å². The van der Waals surface area contributed by atoms with E-state index in [1.807, 2.05) is 36.4 Å². The maximum absolute atomic E-state index is 6.84. The van der Waals surface area contributed by atoms with Gasteiger partial charge in [0.1, 0.15) is 12.0 Å². The monoisotopic (exact) mass is 685 g/mol. The number of nitrogens with zero attached hydrogens (tertiary/aromatic N) is 2. The minimum absolute atomic E-state index is 0.135. The number of fused-ring (bicyclic) bond motifs is 5. The Morgan fingerprint density at radius 3 is 1.91 bits per heavy atom. The fourth-order valence-corrected chi connectivity index (χ4v) is 7.91. The van der Waals surface area contributed by atoms with E-state index in [1.54, 1.807) is 0 Å². The highest BCUT2D eigenvalue weighted by molar-refractivity contribution is 6.13. The molecule has 0 aromatic heterocycles. The molecule has 254 valence electrons. The maximum atomic E-state index is 6.84. The highest BCUT2D eigenvalue weighted by atomic mass is 16.6. The summed E-state index contributed by atoms with van der Waals surface area (Å²) in [5, 5.41) is 3.66. The van der Waals surface area contributed by atoms with E-state index in [4.69, 9.17) is 19.5 Å². The second-order valence-corrected chi connectivity index (χ2v) is 14.2. The van der Waals surface area contributed by atoms with Gasteiger partial charge in [-0.05, 0) is 57.1 Å². The molecular weight excluding hydrogens is 651 g/mol. The van der Waals surface area contributed by atoms with Gasteiger partial charge in [0, 0.05) is 27.7 Å². The van der Waals surface area contributed by atoms with Crippen molar-refractivity contribution in [1.29, 1.82) is 0 Å². The van der Waals surface area contributed by atoms with Crippen molar-refractivity contribution in [2.24, 2.45) is 9.98 Å². The molecule has 5 nitrogen and oxygen atoms in total. The normalized spacial score (nSPS) is 16.0. The molecular formula is C48H35N3O2. The first-order chi connectivity index (χ1) is 26.0. The zero-order valence-corrected chi connectivity index (χ0v) is 29.4. The number of amidine groups is 2. The molecule has 53 heavy (non-hydrogen) atoms. The Morgan fingerprint density at radius 2 is 1.11 bits per heavy atom. The summed E-state index contributed by atoms with van der Waals surface area (Å²) in [7, 11) is 0. The molecule has 1 N–H and O–H groups in total. The Labute approximate surface area is 309 Å². The van der Waals surface area contributed by atoms with Gasteiger partial charge in [0.2, 0.25) is 0 Å². The lowest BCUT2D eigenvalue weighted by Gasteiger charge is -2.28. The lowest BCUT2D eigenvalue weighted by atomic mass is 9.82. The molecule has 1 aliphatic carbocycles. The van der Waals surface area contributed by atoms with Crippen LogP contribution in [0.4, 0.5) is 0 Å². The lowest BCUT2D eigenvalue weighted by molar-refractivity contribution is 0.360. The first-order valence-corrected chi connectivity index (χ1v) is 18.0. The molecule has 7 aromatic rings. The van der Waals surface area contributed by atoms with Crippen LogP contribution in [0.2, 0.25) is 0 Å². The van der Waals surface area contributed by atoms with Crippen LogP contribution in [-0.2, 0) is 5.41 Å². The average Bonchev–Trinajstić information content (AvgIpc) is 3.44. The Balaban J connectivity index is 1.05. The molecule has 0 spiro atoms. The van der Waals surface area contributed by atoms with Crippen molar-refractivity contribution < 1.29 is 9.47 Å². The highest BCUT2D eigenvalue weighted by Crippen LogP contribution is 2.56. The third kappa shape index (κ3) is 5.24. The molecule has 10 rings (SSSR count). The Morgan fingerprint density at radius 1 is 0.491 bits per heavy atom. The van der Waals surface area contributed by atoms with Crippen LogP contribution in [0, 0.1) is 0 Å².